The Labute approximate surface area is 188 Å². The highest BCUT2D eigenvalue weighted by atomic mass is 35.5. The molecule has 0 aromatic heterocycles. The number of nitrogens with one attached hydrogen (secondary N) is 1. The van der Waals surface area contributed by atoms with E-state index in [0.717, 1.165) is 23.3 Å². The number of thioether (sulfide) groups is 1. The number of carbonyl (C=O) groups is 2. The SMILES string of the molecule is CCCNC(=O)C(C)N(Cc1cccc(Cl)c1)C(=O)CSCc1ccc(OC)cc1. The van der Waals surface area contributed by atoms with Crippen LogP contribution in [0.1, 0.15) is 31.4 Å². The van der Waals surface area contributed by atoms with E-state index in [1.165, 1.54) is 11.8 Å². The molecule has 7 heteroatoms. The van der Waals surface area contributed by atoms with Crippen LogP contribution in [0.2, 0.25) is 5.02 Å². The molecule has 1 unspecified atom stereocenters. The van der Waals surface area contributed by atoms with Crippen molar-refractivity contribution in [3.8, 4) is 5.75 Å². The lowest BCUT2D eigenvalue weighted by molar-refractivity contribution is -0.138. The highest BCUT2D eigenvalue weighted by Gasteiger charge is 2.25. The standard InChI is InChI=1S/C23H29ClN2O3S/c1-4-12-25-23(28)17(2)26(14-19-6-5-7-20(24)13-19)22(27)16-30-15-18-8-10-21(29-3)11-9-18/h5-11,13,17H,4,12,14-16H2,1-3H3,(H,25,28). The van der Waals surface area contributed by atoms with Crippen LogP contribution in [-0.2, 0) is 21.9 Å². The van der Waals surface area contributed by atoms with E-state index < -0.39 is 6.04 Å². The quantitative estimate of drug-likeness (QED) is 0.548. The van der Waals surface area contributed by atoms with Gasteiger partial charge in [0.15, 0.2) is 0 Å². The Bertz CT molecular complexity index is 829. The molecule has 0 spiro atoms. The first-order valence-corrected chi connectivity index (χ1v) is 11.5. The maximum Gasteiger partial charge on any atom is 0.242 e. The van der Waals surface area contributed by atoms with Crippen molar-refractivity contribution in [2.45, 2.75) is 38.6 Å². The van der Waals surface area contributed by atoms with Crippen LogP contribution >= 0.6 is 23.4 Å². The minimum absolute atomic E-state index is 0.0763. The number of nitrogens with zero attached hydrogens (tertiary/aromatic N) is 1. The Balaban J connectivity index is 2.03. The summed E-state index contributed by atoms with van der Waals surface area (Å²) in [6.07, 6.45) is 0.846. The number of carbonyl (C=O) groups excluding carboxylic acids is 2. The molecular weight excluding hydrogens is 420 g/mol. The van der Waals surface area contributed by atoms with Crippen LogP contribution in [0, 0.1) is 0 Å². The van der Waals surface area contributed by atoms with Gasteiger partial charge in [-0.3, -0.25) is 9.59 Å². The van der Waals surface area contributed by atoms with Gasteiger partial charge in [0.25, 0.3) is 0 Å². The molecule has 5 nitrogen and oxygen atoms in total. The third-order valence-electron chi connectivity index (χ3n) is 4.61. The summed E-state index contributed by atoms with van der Waals surface area (Å²) in [5.41, 5.74) is 2.01. The molecule has 0 aliphatic heterocycles. The lowest BCUT2D eigenvalue weighted by atomic mass is 10.1. The number of halogens is 1. The second kappa shape index (κ2) is 12.5. The average molecular weight is 449 g/mol. The van der Waals surface area contributed by atoms with E-state index in [-0.39, 0.29) is 17.6 Å². The molecule has 0 fully saturated rings. The van der Waals surface area contributed by atoms with Crippen LogP contribution in [0.3, 0.4) is 0 Å². The van der Waals surface area contributed by atoms with Crippen LogP contribution in [0.15, 0.2) is 48.5 Å². The Kier molecular flexibility index (Phi) is 10.0. The molecule has 0 aliphatic rings. The topological polar surface area (TPSA) is 58.6 Å². The third-order valence-corrected chi connectivity index (χ3v) is 5.84. The first kappa shape index (κ1) is 24.1. The molecule has 30 heavy (non-hydrogen) atoms. The van der Waals surface area contributed by atoms with Gasteiger partial charge in [-0.25, -0.2) is 0 Å². The minimum Gasteiger partial charge on any atom is -0.497 e. The van der Waals surface area contributed by atoms with Gasteiger partial charge in [-0.2, -0.15) is 0 Å². The second-order valence-electron chi connectivity index (χ2n) is 6.96. The lowest BCUT2D eigenvalue weighted by Crippen LogP contribution is -2.48. The first-order valence-electron chi connectivity index (χ1n) is 9.97. The smallest absolute Gasteiger partial charge is 0.242 e. The third kappa shape index (κ3) is 7.58. The molecule has 0 saturated heterocycles. The van der Waals surface area contributed by atoms with Gasteiger partial charge in [0.2, 0.25) is 11.8 Å². The van der Waals surface area contributed by atoms with Crippen molar-refractivity contribution in [1.82, 2.24) is 10.2 Å². The summed E-state index contributed by atoms with van der Waals surface area (Å²) >= 11 is 7.62. The molecule has 2 amide bonds. The van der Waals surface area contributed by atoms with Gasteiger partial charge in [0.1, 0.15) is 11.8 Å². The molecule has 0 aliphatic carbocycles. The number of rotatable bonds is 11. The zero-order chi connectivity index (χ0) is 21.9. The van der Waals surface area contributed by atoms with E-state index in [9.17, 15) is 9.59 Å². The number of benzene rings is 2. The fraction of sp³-hybridized carbons (Fsp3) is 0.391. The predicted octanol–water partition coefficient (Wildman–Crippen LogP) is 4.53. The number of hydrogen-bond acceptors (Lipinski definition) is 4. The summed E-state index contributed by atoms with van der Waals surface area (Å²) in [6, 6.07) is 14.6. The van der Waals surface area contributed by atoms with E-state index in [4.69, 9.17) is 16.3 Å². The van der Waals surface area contributed by atoms with Crippen molar-refractivity contribution < 1.29 is 14.3 Å². The Morgan fingerprint density at radius 3 is 2.53 bits per heavy atom. The van der Waals surface area contributed by atoms with Crippen molar-refractivity contribution in [2.24, 2.45) is 0 Å². The number of ether oxygens (including phenoxy) is 1. The van der Waals surface area contributed by atoms with Gasteiger partial charge in [-0.15, -0.1) is 11.8 Å². The Morgan fingerprint density at radius 1 is 1.17 bits per heavy atom. The molecule has 2 rings (SSSR count). The van der Waals surface area contributed by atoms with Gasteiger partial charge in [0.05, 0.1) is 12.9 Å². The highest BCUT2D eigenvalue weighted by Crippen LogP contribution is 2.19. The van der Waals surface area contributed by atoms with Crippen molar-refractivity contribution >= 4 is 35.2 Å². The Hall–Kier alpha value is -2.18. The molecule has 162 valence electrons. The molecule has 0 radical (unpaired) electrons. The summed E-state index contributed by atoms with van der Waals surface area (Å²) in [6.45, 7) is 4.69. The number of amides is 2. The van der Waals surface area contributed by atoms with Crippen molar-refractivity contribution in [3.05, 3.63) is 64.7 Å². The second-order valence-corrected chi connectivity index (χ2v) is 8.38. The normalized spacial score (nSPS) is 11.6. The van der Waals surface area contributed by atoms with E-state index in [1.54, 1.807) is 25.0 Å². The maximum atomic E-state index is 13.0. The molecule has 2 aromatic rings. The summed E-state index contributed by atoms with van der Waals surface area (Å²) in [5, 5.41) is 3.49. The minimum atomic E-state index is -0.565. The first-order chi connectivity index (χ1) is 14.4. The van der Waals surface area contributed by atoms with Gasteiger partial charge in [-0.1, -0.05) is 42.8 Å². The fourth-order valence-electron chi connectivity index (χ4n) is 2.87. The van der Waals surface area contributed by atoms with E-state index >= 15 is 0 Å². The molecule has 2 aromatic carbocycles. The van der Waals surface area contributed by atoms with Crippen molar-refractivity contribution in [3.63, 3.8) is 0 Å². The van der Waals surface area contributed by atoms with Crippen LogP contribution in [0.4, 0.5) is 0 Å². The summed E-state index contributed by atoms with van der Waals surface area (Å²) in [4.78, 5) is 27.1. The van der Waals surface area contributed by atoms with Gasteiger partial charge in [0, 0.05) is 23.9 Å². The number of methoxy groups -OCH3 is 1. The van der Waals surface area contributed by atoms with Crippen molar-refractivity contribution in [2.75, 3.05) is 19.4 Å². The average Bonchev–Trinajstić information content (AvgIpc) is 2.75. The molecule has 0 bridgehead atoms. The molecule has 1 atom stereocenters. The van der Waals surface area contributed by atoms with E-state index in [0.29, 0.717) is 23.9 Å². The van der Waals surface area contributed by atoms with E-state index in [1.807, 2.05) is 49.4 Å². The number of hydrogen-bond donors (Lipinski definition) is 1. The van der Waals surface area contributed by atoms with E-state index in [2.05, 4.69) is 5.32 Å². The molecule has 0 saturated carbocycles. The van der Waals surface area contributed by atoms with Crippen LogP contribution in [0.5, 0.6) is 5.75 Å². The zero-order valence-corrected chi connectivity index (χ0v) is 19.3. The summed E-state index contributed by atoms with van der Waals surface area (Å²) in [5.74, 6) is 1.58. The van der Waals surface area contributed by atoms with Crippen LogP contribution in [0.25, 0.3) is 0 Å². The fourth-order valence-corrected chi connectivity index (χ4v) is 3.95. The molecule has 1 N–H and O–H groups in total. The van der Waals surface area contributed by atoms with Gasteiger partial charge >= 0.3 is 0 Å². The molecule has 0 heterocycles. The maximum absolute atomic E-state index is 13.0. The zero-order valence-electron chi connectivity index (χ0n) is 17.7. The molecular formula is C23H29ClN2O3S. The monoisotopic (exact) mass is 448 g/mol. The van der Waals surface area contributed by atoms with Crippen LogP contribution in [-0.4, -0.2) is 42.2 Å². The highest BCUT2D eigenvalue weighted by molar-refractivity contribution is 7.99. The van der Waals surface area contributed by atoms with Gasteiger partial charge < -0.3 is 15.0 Å². The predicted molar refractivity (Wildman–Crippen MR) is 124 cm³/mol. The Morgan fingerprint density at radius 2 is 1.90 bits per heavy atom. The van der Waals surface area contributed by atoms with Crippen molar-refractivity contribution in [1.29, 1.82) is 0 Å². The summed E-state index contributed by atoms with van der Waals surface area (Å²) in [7, 11) is 1.63. The largest absolute Gasteiger partial charge is 0.497 e. The van der Waals surface area contributed by atoms with Gasteiger partial charge in [-0.05, 0) is 48.7 Å². The lowest BCUT2D eigenvalue weighted by Gasteiger charge is -2.28. The summed E-state index contributed by atoms with van der Waals surface area (Å²) < 4.78 is 5.17. The van der Waals surface area contributed by atoms with Crippen LogP contribution < -0.4 is 10.1 Å².